The molecule has 1 aromatic heterocycles. The zero-order chi connectivity index (χ0) is 15.5. The average Bonchev–Trinajstić information content (AvgIpc) is 2.82. The van der Waals surface area contributed by atoms with Crippen molar-refractivity contribution in [3.63, 3.8) is 0 Å². The topological polar surface area (TPSA) is 37.4 Å². The molecule has 0 aliphatic heterocycles. The lowest BCUT2D eigenvalue weighted by Gasteiger charge is -2.34. The third kappa shape index (κ3) is 3.96. The lowest BCUT2D eigenvalue weighted by Crippen LogP contribution is -2.32. The minimum absolute atomic E-state index is 0.328. The second-order valence-corrected chi connectivity index (χ2v) is 7.54. The average molecular weight is 311 g/mol. The highest BCUT2D eigenvalue weighted by Crippen LogP contribution is 2.44. The number of hydrogen-bond acceptors (Lipinski definition) is 5. The predicted octanol–water partition coefficient (Wildman–Crippen LogP) is 3.24. The fraction of sp³-hybridized carbons (Fsp3) is 0.812. The summed E-state index contributed by atoms with van der Waals surface area (Å²) >= 11 is 1.86. The zero-order valence-corrected chi connectivity index (χ0v) is 14.8. The number of rotatable bonds is 7. The van der Waals surface area contributed by atoms with Crippen molar-refractivity contribution in [1.29, 1.82) is 0 Å². The lowest BCUT2D eigenvalue weighted by atomic mass is 9.76. The molecule has 0 spiro atoms. The number of likely N-dealkylation sites (N-methyl/N-ethyl adjacent to an activating group) is 1. The number of ether oxygens (including phenoxy) is 1. The van der Waals surface area contributed by atoms with E-state index in [4.69, 9.17) is 9.72 Å². The molecule has 0 bridgehead atoms. The SMILES string of the molecule is CCNC1CC(C)(C)Cc2nc(N(CC)CCOC)sc21. The Balaban J connectivity index is 2.25. The van der Waals surface area contributed by atoms with Crippen LogP contribution in [0.4, 0.5) is 5.13 Å². The van der Waals surface area contributed by atoms with Gasteiger partial charge in [0.25, 0.3) is 0 Å². The van der Waals surface area contributed by atoms with Gasteiger partial charge < -0.3 is 15.0 Å². The van der Waals surface area contributed by atoms with E-state index in [0.29, 0.717) is 11.5 Å². The van der Waals surface area contributed by atoms with Gasteiger partial charge in [-0.1, -0.05) is 32.1 Å². The number of nitrogens with one attached hydrogen (secondary N) is 1. The summed E-state index contributed by atoms with van der Waals surface area (Å²) in [5.74, 6) is 0. The molecule has 120 valence electrons. The van der Waals surface area contributed by atoms with Crippen molar-refractivity contribution in [3.8, 4) is 0 Å². The van der Waals surface area contributed by atoms with Crippen LogP contribution in [0.3, 0.4) is 0 Å². The lowest BCUT2D eigenvalue weighted by molar-refractivity contribution is 0.205. The second-order valence-electron chi connectivity index (χ2n) is 6.54. The molecule has 1 aliphatic carbocycles. The number of anilines is 1. The first-order chi connectivity index (χ1) is 10.0. The molecule has 0 amide bonds. The van der Waals surface area contributed by atoms with Crippen molar-refractivity contribution in [2.24, 2.45) is 5.41 Å². The number of methoxy groups -OCH3 is 1. The fourth-order valence-corrected chi connectivity index (χ4v) is 4.30. The normalized spacial score (nSPS) is 20.3. The summed E-state index contributed by atoms with van der Waals surface area (Å²) in [6.45, 7) is 12.7. The monoisotopic (exact) mass is 311 g/mol. The van der Waals surface area contributed by atoms with Crippen molar-refractivity contribution in [2.75, 3.05) is 38.3 Å². The van der Waals surface area contributed by atoms with Crippen LogP contribution in [0.15, 0.2) is 0 Å². The minimum Gasteiger partial charge on any atom is -0.383 e. The number of aromatic nitrogens is 1. The van der Waals surface area contributed by atoms with Gasteiger partial charge in [-0.15, -0.1) is 0 Å². The maximum absolute atomic E-state index is 5.21. The molecule has 0 aromatic carbocycles. The van der Waals surface area contributed by atoms with Gasteiger partial charge in [0.2, 0.25) is 0 Å². The number of thiazole rings is 1. The Kier molecular flexibility index (Phi) is 5.63. The van der Waals surface area contributed by atoms with Gasteiger partial charge in [0.1, 0.15) is 0 Å². The van der Waals surface area contributed by atoms with Crippen LogP contribution in [0, 0.1) is 5.41 Å². The summed E-state index contributed by atoms with van der Waals surface area (Å²) in [6.07, 6.45) is 2.28. The molecule has 1 atom stereocenters. The summed E-state index contributed by atoms with van der Waals surface area (Å²) in [6, 6.07) is 0.459. The van der Waals surface area contributed by atoms with Crippen molar-refractivity contribution in [1.82, 2.24) is 10.3 Å². The van der Waals surface area contributed by atoms with E-state index in [9.17, 15) is 0 Å². The van der Waals surface area contributed by atoms with Crippen LogP contribution in [0.1, 0.15) is 50.7 Å². The molecule has 1 aliphatic rings. The van der Waals surface area contributed by atoms with E-state index in [-0.39, 0.29) is 0 Å². The molecule has 1 unspecified atom stereocenters. The number of fused-ring (bicyclic) bond motifs is 1. The van der Waals surface area contributed by atoms with Gasteiger partial charge in [-0.3, -0.25) is 0 Å². The Bertz CT molecular complexity index is 458. The van der Waals surface area contributed by atoms with Gasteiger partial charge in [-0.05, 0) is 31.7 Å². The molecule has 2 rings (SSSR count). The first-order valence-electron chi connectivity index (χ1n) is 7.97. The van der Waals surface area contributed by atoms with E-state index >= 15 is 0 Å². The summed E-state index contributed by atoms with van der Waals surface area (Å²) in [4.78, 5) is 8.72. The van der Waals surface area contributed by atoms with Gasteiger partial charge in [-0.25, -0.2) is 4.98 Å². The highest BCUT2D eigenvalue weighted by Gasteiger charge is 2.35. The van der Waals surface area contributed by atoms with Crippen molar-refractivity contribution >= 4 is 16.5 Å². The van der Waals surface area contributed by atoms with Crippen LogP contribution < -0.4 is 10.2 Å². The smallest absolute Gasteiger partial charge is 0.185 e. The van der Waals surface area contributed by atoms with E-state index < -0.39 is 0 Å². The molecule has 1 aromatic rings. The minimum atomic E-state index is 0.328. The zero-order valence-electron chi connectivity index (χ0n) is 14.0. The first kappa shape index (κ1) is 16.7. The van der Waals surface area contributed by atoms with Crippen molar-refractivity contribution in [3.05, 3.63) is 10.6 Å². The Morgan fingerprint density at radius 1 is 1.43 bits per heavy atom. The van der Waals surface area contributed by atoms with Gasteiger partial charge in [0.15, 0.2) is 5.13 Å². The van der Waals surface area contributed by atoms with Crippen LogP contribution >= 0.6 is 11.3 Å². The van der Waals surface area contributed by atoms with Crippen LogP contribution in [0.5, 0.6) is 0 Å². The van der Waals surface area contributed by atoms with E-state index in [1.165, 1.54) is 17.0 Å². The molecular formula is C16H29N3OS. The maximum Gasteiger partial charge on any atom is 0.185 e. The predicted molar refractivity (Wildman–Crippen MR) is 90.4 cm³/mol. The molecule has 21 heavy (non-hydrogen) atoms. The second kappa shape index (κ2) is 7.07. The Hall–Kier alpha value is -0.650. The van der Waals surface area contributed by atoms with E-state index in [2.05, 4.69) is 37.9 Å². The third-order valence-corrected chi connectivity index (χ3v) is 5.38. The molecule has 0 fully saturated rings. The maximum atomic E-state index is 5.21. The van der Waals surface area contributed by atoms with Gasteiger partial charge in [0.05, 0.1) is 12.3 Å². The molecule has 0 radical (unpaired) electrons. The van der Waals surface area contributed by atoms with Gasteiger partial charge in [0, 0.05) is 31.1 Å². The summed E-state index contributed by atoms with van der Waals surface area (Å²) < 4.78 is 5.21. The molecular weight excluding hydrogens is 282 g/mol. The van der Waals surface area contributed by atoms with Crippen LogP contribution in [0.2, 0.25) is 0 Å². The third-order valence-electron chi connectivity index (χ3n) is 4.10. The van der Waals surface area contributed by atoms with Crippen molar-refractivity contribution < 1.29 is 4.74 Å². The number of nitrogens with zero attached hydrogens (tertiary/aromatic N) is 2. The Morgan fingerprint density at radius 2 is 2.19 bits per heavy atom. The fourth-order valence-electron chi connectivity index (χ4n) is 3.06. The van der Waals surface area contributed by atoms with E-state index in [0.717, 1.165) is 37.8 Å². The summed E-state index contributed by atoms with van der Waals surface area (Å²) in [7, 11) is 1.75. The van der Waals surface area contributed by atoms with Gasteiger partial charge in [-0.2, -0.15) is 0 Å². The summed E-state index contributed by atoms with van der Waals surface area (Å²) in [5.41, 5.74) is 1.63. The largest absolute Gasteiger partial charge is 0.383 e. The van der Waals surface area contributed by atoms with E-state index in [1.54, 1.807) is 7.11 Å². The first-order valence-corrected chi connectivity index (χ1v) is 8.79. The number of hydrogen-bond donors (Lipinski definition) is 1. The molecule has 1 N–H and O–H groups in total. The molecule has 5 heteroatoms. The highest BCUT2D eigenvalue weighted by atomic mass is 32.1. The van der Waals surface area contributed by atoms with Gasteiger partial charge >= 0.3 is 0 Å². The van der Waals surface area contributed by atoms with E-state index in [1.807, 2.05) is 11.3 Å². The van der Waals surface area contributed by atoms with Crippen molar-refractivity contribution in [2.45, 2.75) is 46.6 Å². The molecule has 0 saturated carbocycles. The van der Waals surface area contributed by atoms with Crippen LogP contribution in [0.25, 0.3) is 0 Å². The molecule has 1 heterocycles. The highest BCUT2D eigenvalue weighted by molar-refractivity contribution is 7.15. The Morgan fingerprint density at radius 3 is 2.81 bits per heavy atom. The van der Waals surface area contributed by atoms with Crippen LogP contribution in [-0.2, 0) is 11.2 Å². The molecule has 0 saturated heterocycles. The molecule has 4 nitrogen and oxygen atoms in total. The Labute approximate surface area is 132 Å². The standard InChI is InChI=1S/C16H29N3OS/c1-6-17-12-10-16(3,4)11-13-14(12)21-15(18-13)19(7-2)8-9-20-5/h12,17H,6-11H2,1-5H3. The summed E-state index contributed by atoms with van der Waals surface area (Å²) in [5, 5.41) is 4.79. The van der Waals surface area contributed by atoms with Crippen LogP contribution in [-0.4, -0.2) is 38.3 Å². The quantitative estimate of drug-likeness (QED) is 0.839.